The fraction of sp³-hybridized carbons (Fsp3) is 0.261. The number of fused-ring (bicyclic) bond motifs is 1. The highest BCUT2D eigenvalue weighted by Crippen LogP contribution is 2.36. The molecule has 1 aliphatic heterocycles. The number of piperidine rings is 1. The summed E-state index contributed by atoms with van der Waals surface area (Å²) in [5.74, 6) is -2.59. The summed E-state index contributed by atoms with van der Waals surface area (Å²) in [6, 6.07) is 6.84. The van der Waals surface area contributed by atoms with Gasteiger partial charge in [-0.2, -0.15) is 0 Å². The molecule has 168 valence electrons. The molecular weight excluding hydrogens is 428 g/mol. The first-order chi connectivity index (χ1) is 15.9. The molecule has 0 radical (unpaired) electrons. The van der Waals surface area contributed by atoms with Crippen LogP contribution in [0, 0.1) is 0 Å². The third kappa shape index (κ3) is 4.23. The van der Waals surface area contributed by atoms with Crippen molar-refractivity contribution in [1.29, 1.82) is 0 Å². The molecule has 1 aliphatic rings. The van der Waals surface area contributed by atoms with Gasteiger partial charge in [-0.3, -0.25) is 9.78 Å². The molecule has 0 atom stereocenters. The predicted octanol–water partition coefficient (Wildman–Crippen LogP) is 3.91. The number of nitrogens with one attached hydrogen (secondary N) is 1. The van der Waals surface area contributed by atoms with Gasteiger partial charge in [0.05, 0.1) is 29.4 Å². The zero-order valence-electron chi connectivity index (χ0n) is 17.9. The van der Waals surface area contributed by atoms with E-state index in [1.165, 1.54) is 0 Å². The Balaban J connectivity index is 1.53. The van der Waals surface area contributed by atoms with Crippen LogP contribution in [0.5, 0.6) is 0 Å². The molecule has 0 spiro atoms. The monoisotopic (exact) mass is 449 g/mol. The number of carbonyl (C=O) groups is 1. The lowest BCUT2D eigenvalue weighted by Gasteiger charge is -2.34. The van der Waals surface area contributed by atoms with Gasteiger partial charge in [0.2, 0.25) is 0 Å². The van der Waals surface area contributed by atoms with E-state index in [0.717, 1.165) is 16.8 Å². The zero-order chi connectivity index (χ0) is 23.0. The van der Waals surface area contributed by atoms with E-state index in [4.69, 9.17) is 4.98 Å². The highest BCUT2D eigenvalue weighted by Gasteiger charge is 2.35. The fourth-order valence-corrected chi connectivity index (χ4v) is 3.91. The molecule has 0 aliphatic carbocycles. The number of alkyl halides is 2. The first-order valence-electron chi connectivity index (χ1n) is 10.5. The lowest BCUT2D eigenvalue weighted by atomic mass is 10.0. The van der Waals surface area contributed by atoms with Crippen molar-refractivity contribution in [3.63, 3.8) is 0 Å². The minimum absolute atomic E-state index is 0.200. The molecule has 5 rings (SSSR count). The van der Waals surface area contributed by atoms with Gasteiger partial charge >= 0.3 is 0 Å². The second-order valence-electron chi connectivity index (χ2n) is 8.04. The average molecular weight is 449 g/mol. The molecule has 1 fully saturated rings. The Kier molecular flexibility index (Phi) is 5.20. The molecule has 4 aromatic rings. The molecule has 33 heavy (non-hydrogen) atoms. The Hall–Kier alpha value is -3.95. The van der Waals surface area contributed by atoms with Crippen molar-refractivity contribution in [2.45, 2.75) is 18.8 Å². The number of rotatable bonds is 4. The quantitative estimate of drug-likeness (QED) is 0.508. The van der Waals surface area contributed by atoms with Crippen LogP contribution >= 0.6 is 0 Å². The molecular formula is C23H21F2N7O. The van der Waals surface area contributed by atoms with Crippen molar-refractivity contribution in [3.05, 3.63) is 60.9 Å². The maximum atomic E-state index is 13.8. The number of aryl methyl sites for hydroxylation is 1. The van der Waals surface area contributed by atoms with E-state index in [-0.39, 0.29) is 31.8 Å². The Morgan fingerprint density at radius 1 is 1.09 bits per heavy atom. The number of imidazole rings is 1. The van der Waals surface area contributed by atoms with Crippen LogP contribution in [0.15, 0.2) is 55.4 Å². The Morgan fingerprint density at radius 3 is 2.55 bits per heavy atom. The molecule has 0 aromatic carbocycles. The molecule has 0 unspecified atom stereocenters. The number of aromatic nitrogens is 5. The number of hydrogen-bond donors (Lipinski definition) is 1. The van der Waals surface area contributed by atoms with Crippen molar-refractivity contribution < 1.29 is 13.6 Å². The summed E-state index contributed by atoms with van der Waals surface area (Å²) in [5.41, 5.74) is 3.26. The van der Waals surface area contributed by atoms with Crippen molar-refractivity contribution in [2.24, 2.45) is 7.05 Å². The molecule has 0 bridgehead atoms. The van der Waals surface area contributed by atoms with Gasteiger partial charge in [0.25, 0.3) is 11.8 Å². The SMILES string of the molecule is Cn1cncc1-c1nc2cc(NC(=O)c3ccncc3)ncc2cc1N1CCC(F)(F)CC1. The molecule has 1 N–H and O–H groups in total. The largest absolute Gasteiger partial charge is 0.369 e. The number of pyridine rings is 3. The number of anilines is 2. The van der Waals surface area contributed by atoms with Gasteiger partial charge in [-0.1, -0.05) is 0 Å². The molecule has 10 heteroatoms. The molecule has 0 saturated carbocycles. The molecule has 5 heterocycles. The second kappa shape index (κ2) is 8.19. The van der Waals surface area contributed by atoms with Gasteiger partial charge in [-0.05, 0) is 18.2 Å². The lowest BCUT2D eigenvalue weighted by molar-refractivity contribution is -0.0220. The smallest absolute Gasteiger partial charge is 0.256 e. The van der Waals surface area contributed by atoms with Crippen molar-refractivity contribution in [2.75, 3.05) is 23.3 Å². The van der Waals surface area contributed by atoms with Crippen molar-refractivity contribution >= 4 is 28.3 Å². The van der Waals surface area contributed by atoms with Crippen LogP contribution in [0.1, 0.15) is 23.2 Å². The van der Waals surface area contributed by atoms with Crippen molar-refractivity contribution in [1.82, 2.24) is 24.5 Å². The highest BCUT2D eigenvalue weighted by atomic mass is 19.3. The predicted molar refractivity (Wildman–Crippen MR) is 120 cm³/mol. The van der Waals surface area contributed by atoms with Crippen molar-refractivity contribution in [3.8, 4) is 11.4 Å². The molecule has 1 amide bonds. The summed E-state index contributed by atoms with van der Waals surface area (Å²) in [4.78, 5) is 31.7. The summed E-state index contributed by atoms with van der Waals surface area (Å²) in [6.07, 6.45) is 7.68. The van der Waals surface area contributed by atoms with E-state index in [0.29, 0.717) is 22.6 Å². The fourth-order valence-electron chi connectivity index (χ4n) is 3.91. The Morgan fingerprint density at radius 2 is 1.85 bits per heavy atom. The van der Waals surface area contributed by atoms with Crippen LogP contribution in [0.4, 0.5) is 20.3 Å². The number of amides is 1. The first kappa shape index (κ1) is 20.9. The van der Waals surface area contributed by atoms with Gasteiger partial charge in [0.1, 0.15) is 11.5 Å². The third-order valence-corrected chi connectivity index (χ3v) is 5.76. The topological polar surface area (TPSA) is 88.8 Å². The third-order valence-electron chi connectivity index (χ3n) is 5.76. The van der Waals surface area contributed by atoms with Gasteiger partial charge < -0.3 is 14.8 Å². The van der Waals surface area contributed by atoms with Crippen LogP contribution < -0.4 is 10.2 Å². The summed E-state index contributed by atoms with van der Waals surface area (Å²) in [7, 11) is 1.86. The first-order valence-corrected chi connectivity index (χ1v) is 10.5. The zero-order valence-corrected chi connectivity index (χ0v) is 17.9. The van der Waals surface area contributed by atoms with Gasteiger partial charge in [-0.25, -0.2) is 23.7 Å². The summed E-state index contributed by atoms with van der Waals surface area (Å²) >= 11 is 0. The minimum atomic E-state index is -2.64. The van der Waals surface area contributed by atoms with E-state index in [2.05, 4.69) is 20.3 Å². The Bertz CT molecular complexity index is 1310. The van der Waals surface area contributed by atoms with Gasteiger partial charge in [0, 0.05) is 68.6 Å². The number of carbonyl (C=O) groups excluding carboxylic acids is 1. The van der Waals surface area contributed by atoms with E-state index in [1.807, 2.05) is 22.6 Å². The van der Waals surface area contributed by atoms with E-state index < -0.39 is 5.92 Å². The maximum Gasteiger partial charge on any atom is 0.256 e. The molecule has 8 nitrogen and oxygen atoms in total. The normalized spacial score (nSPS) is 15.5. The molecule has 1 saturated heterocycles. The summed E-state index contributed by atoms with van der Waals surface area (Å²) < 4.78 is 29.3. The molecule has 4 aromatic heterocycles. The van der Waals surface area contributed by atoms with E-state index in [9.17, 15) is 13.6 Å². The van der Waals surface area contributed by atoms with E-state index >= 15 is 0 Å². The van der Waals surface area contributed by atoms with Gasteiger partial charge in [0.15, 0.2) is 0 Å². The number of halogens is 2. The van der Waals surface area contributed by atoms with Crippen LogP contribution in [0.25, 0.3) is 22.3 Å². The second-order valence-corrected chi connectivity index (χ2v) is 8.04. The van der Waals surface area contributed by atoms with Crippen LogP contribution in [-0.2, 0) is 7.05 Å². The van der Waals surface area contributed by atoms with Crippen LogP contribution in [0.2, 0.25) is 0 Å². The highest BCUT2D eigenvalue weighted by molar-refractivity contribution is 6.04. The standard InChI is InChI=1S/C23H21F2N7O/c1-31-14-27-13-19(31)21-18(32-8-4-23(24,25)5-9-32)10-16-12-28-20(11-17(16)29-21)30-22(33)15-2-6-26-7-3-15/h2-3,6-7,10-14H,4-5,8-9H2,1H3,(H,28,30,33). The van der Waals surface area contributed by atoms with E-state index in [1.54, 1.807) is 49.3 Å². The maximum absolute atomic E-state index is 13.8. The van der Waals surface area contributed by atoms with Crippen LogP contribution in [-0.4, -0.2) is 49.4 Å². The summed E-state index contributed by atoms with van der Waals surface area (Å²) in [6.45, 7) is 0.469. The van der Waals surface area contributed by atoms with Crippen LogP contribution in [0.3, 0.4) is 0 Å². The average Bonchev–Trinajstić information content (AvgIpc) is 3.24. The number of nitrogens with zero attached hydrogens (tertiary/aromatic N) is 6. The summed E-state index contributed by atoms with van der Waals surface area (Å²) in [5, 5.41) is 3.52. The lowest BCUT2D eigenvalue weighted by Crippen LogP contribution is -2.39. The number of hydrogen-bond acceptors (Lipinski definition) is 6. The van der Waals surface area contributed by atoms with Gasteiger partial charge in [-0.15, -0.1) is 0 Å². The Labute approximate surface area is 188 Å². The minimum Gasteiger partial charge on any atom is -0.369 e.